The molecule has 0 radical (unpaired) electrons. The highest BCUT2D eigenvalue weighted by atomic mass is 19.4. The van der Waals surface area contributed by atoms with Crippen LogP contribution >= 0.6 is 0 Å². The van der Waals surface area contributed by atoms with Crippen molar-refractivity contribution in [3.63, 3.8) is 0 Å². The van der Waals surface area contributed by atoms with E-state index < -0.39 is 69.8 Å². The van der Waals surface area contributed by atoms with Gasteiger partial charge in [-0.05, 0) is 113 Å². The number of para-hydroxylation sites is 2. The molecule has 18 heteroatoms. The summed E-state index contributed by atoms with van der Waals surface area (Å²) in [4.78, 5) is 0. The molecule has 72 heavy (non-hydrogen) atoms. The molecule has 0 N–H and O–H groups in total. The molecule has 0 unspecified atom stereocenters. The Hall–Kier alpha value is -8.20. The minimum Gasteiger partial charge on any atom is -0.309 e. The van der Waals surface area contributed by atoms with Crippen molar-refractivity contribution in [3.05, 3.63) is 191 Å². The van der Waals surface area contributed by atoms with Crippen LogP contribution in [0.4, 0.5) is 65.9 Å². The minimum atomic E-state index is -5.18. The maximum absolute atomic E-state index is 14.5. The van der Waals surface area contributed by atoms with E-state index in [1.807, 2.05) is 0 Å². The van der Waals surface area contributed by atoms with E-state index in [-0.39, 0.29) is 62.4 Å². The lowest BCUT2D eigenvalue weighted by Gasteiger charge is -2.20. The second-order valence-corrected chi connectivity index (χ2v) is 16.8. The van der Waals surface area contributed by atoms with Crippen LogP contribution in [0, 0.1) is 11.3 Å². The molecule has 0 aliphatic heterocycles. The Morgan fingerprint density at radius 2 is 0.694 bits per heavy atom. The zero-order valence-corrected chi connectivity index (χ0v) is 36.0. The number of nitriles is 1. The van der Waals surface area contributed by atoms with Gasteiger partial charge >= 0.3 is 30.9 Å². The fraction of sp³-hybridized carbons (Fsp3) is 0.0926. The molecule has 0 saturated heterocycles. The molecule has 3 nitrogen and oxygen atoms in total. The summed E-state index contributed by atoms with van der Waals surface area (Å²) in [5.74, 6) is 0. The number of alkyl halides is 15. The van der Waals surface area contributed by atoms with Crippen molar-refractivity contribution in [1.82, 2.24) is 9.13 Å². The van der Waals surface area contributed by atoms with Crippen molar-refractivity contribution < 1.29 is 65.9 Å². The zero-order chi connectivity index (χ0) is 51.4. The minimum absolute atomic E-state index is 0.00198. The lowest BCUT2D eigenvalue weighted by atomic mass is 9.97. The molecule has 0 bridgehead atoms. The molecule has 0 amide bonds. The van der Waals surface area contributed by atoms with Gasteiger partial charge in [0.05, 0.1) is 66.8 Å². The van der Waals surface area contributed by atoms with E-state index in [0.29, 0.717) is 56.8 Å². The highest BCUT2D eigenvalue weighted by Crippen LogP contribution is 2.46. The highest BCUT2D eigenvalue weighted by Gasteiger charge is 2.39. The van der Waals surface area contributed by atoms with Gasteiger partial charge in [-0.3, -0.25) is 0 Å². The molecular weight excluding hydrogens is 976 g/mol. The number of aromatic nitrogens is 2. The van der Waals surface area contributed by atoms with Crippen LogP contribution in [0.2, 0.25) is 0 Å². The Balaban J connectivity index is 1.29. The van der Waals surface area contributed by atoms with Gasteiger partial charge in [-0.25, -0.2) is 0 Å². The lowest BCUT2D eigenvalue weighted by molar-refractivity contribution is -0.144. The quantitative estimate of drug-likeness (QED) is 0.158. The molecule has 0 aliphatic rings. The van der Waals surface area contributed by atoms with Crippen LogP contribution in [0.1, 0.15) is 33.4 Å². The molecule has 0 spiro atoms. The summed E-state index contributed by atoms with van der Waals surface area (Å²) in [7, 11) is 0. The van der Waals surface area contributed by atoms with Crippen molar-refractivity contribution in [2.45, 2.75) is 30.9 Å². The number of halogens is 15. The maximum atomic E-state index is 14.5. The van der Waals surface area contributed by atoms with E-state index in [4.69, 9.17) is 0 Å². The molecule has 0 fully saturated rings. The Kier molecular flexibility index (Phi) is 10.8. The number of rotatable bonds is 5. The largest absolute Gasteiger partial charge is 0.416 e. The summed E-state index contributed by atoms with van der Waals surface area (Å²) < 4.78 is 215. The van der Waals surface area contributed by atoms with Gasteiger partial charge in [0.1, 0.15) is 6.07 Å². The molecule has 2 heterocycles. The summed E-state index contributed by atoms with van der Waals surface area (Å²) in [5, 5.41) is 12.9. The first-order chi connectivity index (χ1) is 33.8. The van der Waals surface area contributed by atoms with Crippen molar-refractivity contribution in [3.8, 4) is 50.8 Å². The molecule has 8 aromatic carbocycles. The molecule has 362 valence electrons. The van der Waals surface area contributed by atoms with E-state index in [1.165, 1.54) is 63.7 Å². The first-order valence-corrected chi connectivity index (χ1v) is 21.2. The SMILES string of the molecule is N#Cc1cc(-n2c3ccccc3c3ccc(-c4cc(C(F)(F)F)cc(C(F)(F)F)c4)cc32)c(-c2cccc(C(F)(F)F)c2)cc1-n1c2ccccc2c2ccc(-c3cc(C(F)(F)F)cc(C(F)(F)F)c3)cc21. The van der Waals surface area contributed by atoms with E-state index in [1.54, 1.807) is 48.5 Å². The summed E-state index contributed by atoms with van der Waals surface area (Å²) in [6.45, 7) is 0. The predicted molar refractivity (Wildman–Crippen MR) is 241 cm³/mol. The lowest BCUT2D eigenvalue weighted by Crippen LogP contribution is -2.11. The standard InChI is InChI=1S/C54H26F15N3/c55-50(56,57)34-7-5-6-30(16-34)43-26-46(71-44-10-3-1-8-39(44)41-14-12-28(21-47(41)71)31-17-35(51(58,59)60)24-36(18-31)52(61,62)63)33(27-70)23-49(43)72-45-11-4-2-9-40(45)42-15-13-29(22-48(42)72)32-19-37(53(64,65)66)25-38(20-32)54(67,68)69/h1-26H. The van der Waals surface area contributed by atoms with E-state index >= 15 is 0 Å². The number of nitrogens with zero attached hydrogens (tertiary/aromatic N) is 3. The van der Waals surface area contributed by atoms with Crippen LogP contribution in [0.3, 0.4) is 0 Å². The molecule has 10 rings (SSSR count). The summed E-state index contributed by atoms with van der Waals surface area (Å²) in [6, 6.07) is 32.6. The average Bonchev–Trinajstić information content (AvgIpc) is 3.84. The highest BCUT2D eigenvalue weighted by molar-refractivity contribution is 6.12. The average molecular weight is 1000 g/mol. The van der Waals surface area contributed by atoms with Crippen molar-refractivity contribution in [2.24, 2.45) is 0 Å². The summed E-state index contributed by atoms with van der Waals surface area (Å²) in [5.41, 5.74) is -7.66. The Bertz CT molecular complexity index is 3810. The second-order valence-electron chi connectivity index (χ2n) is 16.8. The van der Waals surface area contributed by atoms with Gasteiger partial charge in [0.2, 0.25) is 0 Å². The van der Waals surface area contributed by atoms with Crippen LogP contribution in [-0.2, 0) is 30.9 Å². The Morgan fingerprint density at radius 3 is 1.11 bits per heavy atom. The number of hydrogen-bond donors (Lipinski definition) is 0. The van der Waals surface area contributed by atoms with Crippen LogP contribution < -0.4 is 0 Å². The van der Waals surface area contributed by atoms with Crippen LogP contribution in [-0.4, -0.2) is 9.13 Å². The van der Waals surface area contributed by atoms with Crippen LogP contribution in [0.5, 0.6) is 0 Å². The number of hydrogen-bond acceptors (Lipinski definition) is 1. The van der Waals surface area contributed by atoms with Gasteiger partial charge in [-0.1, -0.05) is 72.8 Å². The van der Waals surface area contributed by atoms with Crippen LogP contribution in [0.25, 0.3) is 88.4 Å². The van der Waals surface area contributed by atoms with E-state index in [2.05, 4.69) is 6.07 Å². The summed E-state index contributed by atoms with van der Waals surface area (Å²) >= 11 is 0. The molecule has 2 aromatic heterocycles. The normalized spacial score (nSPS) is 12.9. The summed E-state index contributed by atoms with van der Waals surface area (Å²) in [6.07, 6.45) is -25.6. The molecule has 0 saturated carbocycles. The Labute approximate surface area is 395 Å². The third kappa shape index (κ3) is 8.31. The van der Waals surface area contributed by atoms with Gasteiger partial charge in [-0.15, -0.1) is 0 Å². The van der Waals surface area contributed by atoms with Gasteiger partial charge in [0, 0.05) is 27.1 Å². The molecule has 0 aliphatic carbocycles. The topological polar surface area (TPSA) is 33.6 Å². The molecule has 10 aromatic rings. The number of fused-ring (bicyclic) bond motifs is 6. The predicted octanol–water partition coefficient (Wildman–Crippen LogP) is 17.8. The van der Waals surface area contributed by atoms with Gasteiger partial charge in [-0.2, -0.15) is 71.1 Å². The number of benzene rings is 8. The smallest absolute Gasteiger partial charge is 0.309 e. The van der Waals surface area contributed by atoms with Crippen molar-refractivity contribution >= 4 is 43.6 Å². The first-order valence-electron chi connectivity index (χ1n) is 21.2. The van der Waals surface area contributed by atoms with Gasteiger partial charge in [0.15, 0.2) is 0 Å². The first kappa shape index (κ1) is 47.5. The van der Waals surface area contributed by atoms with E-state index in [0.717, 1.165) is 18.2 Å². The zero-order valence-electron chi connectivity index (χ0n) is 36.0. The van der Waals surface area contributed by atoms with Crippen molar-refractivity contribution in [2.75, 3.05) is 0 Å². The fourth-order valence-corrected chi connectivity index (χ4v) is 9.19. The molecule has 0 atom stereocenters. The third-order valence-electron chi connectivity index (χ3n) is 12.4. The van der Waals surface area contributed by atoms with Crippen LogP contribution in [0.15, 0.2) is 158 Å². The van der Waals surface area contributed by atoms with Gasteiger partial charge in [0.25, 0.3) is 0 Å². The monoisotopic (exact) mass is 1000 g/mol. The Morgan fingerprint density at radius 1 is 0.306 bits per heavy atom. The van der Waals surface area contributed by atoms with E-state index in [9.17, 15) is 71.1 Å². The fourth-order valence-electron chi connectivity index (χ4n) is 9.19. The van der Waals surface area contributed by atoms with Crippen molar-refractivity contribution in [1.29, 1.82) is 5.26 Å². The molecular formula is C54H26F15N3. The maximum Gasteiger partial charge on any atom is 0.416 e. The second kappa shape index (κ2) is 16.4. The van der Waals surface area contributed by atoms with Gasteiger partial charge < -0.3 is 9.13 Å². The third-order valence-corrected chi connectivity index (χ3v) is 12.4.